The average molecular weight is 281 g/mol. The monoisotopic (exact) mass is 281 g/mol. The molecular formula is C19H23NO. The molecule has 1 unspecified atom stereocenters. The molecule has 1 saturated carbocycles. The fraction of sp³-hybridized carbons (Fsp3) is 0.368. The molecule has 2 heteroatoms. The molecule has 0 heterocycles. The van der Waals surface area contributed by atoms with Crippen LogP contribution in [0.5, 0.6) is 5.75 Å². The Balaban J connectivity index is 1.70. The molecule has 0 bridgehead atoms. The Bertz CT molecular complexity index is 587. The van der Waals surface area contributed by atoms with Crippen LogP contribution in [-0.4, -0.2) is 7.11 Å². The highest BCUT2D eigenvalue weighted by Crippen LogP contribution is 2.37. The predicted molar refractivity (Wildman–Crippen MR) is 86.7 cm³/mol. The number of rotatable bonds is 5. The molecule has 2 nitrogen and oxygen atoms in total. The quantitative estimate of drug-likeness (QED) is 0.891. The van der Waals surface area contributed by atoms with Gasteiger partial charge in [-0.1, -0.05) is 42.8 Å². The van der Waals surface area contributed by atoms with Gasteiger partial charge in [0.1, 0.15) is 5.75 Å². The van der Waals surface area contributed by atoms with Crippen LogP contribution in [0.4, 0.5) is 0 Å². The lowest BCUT2D eigenvalue weighted by molar-refractivity contribution is 0.414. The van der Waals surface area contributed by atoms with Gasteiger partial charge in [0.15, 0.2) is 0 Å². The fourth-order valence-electron chi connectivity index (χ4n) is 2.92. The van der Waals surface area contributed by atoms with Gasteiger partial charge in [-0.15, -0.1) is 0 Å². The minimum absolute atomic E-state index is 0.0541. The van der Waals surface area contributed by atoms with Crippen LogP contribution in [-0.2, 0) is 6.42 Å². The van der Waals surface area contributed by atoms with E-state index < -0.39 is 0 Å². The Morgan fingerprint density at radius 1 is 1.14 bits per heavy atom. The molecule has 1 aliphatic carbocycles. The standard InChI is InChI=1S/C19H23NO/c1-21-18-10-8-14(9-11-18)12-19(20)17-7-3-6-16(13-17)15-4-2-5-15/h3,6-11,13,15,19H,2,4-5,12,20H2,1H3. The molecular weight excluding hydrogens is 258 g/mol. The fourth-order valence-corrected chi connectivity index (χ4v) is 2.92. The van der Waals surface area contributed by atoms with Crippen LogP contribution < -0.4 is 10.5 Å². The van der Waals surface area contributed by atoms with Crippen LogP contribution in [0.1, 0.15) is 47.9 Å². The molecule has 1 atom stereocenters. The topological polar surface area (TPSA) is 35.2 Å². The second-order valence-corrected chi connectivity index (χ2v) is 5.96. The van der Waals surface area contributed by atoms with Crippen molar-refractivity contribution in [2.45, 2.75) is 37.6 Å². The first-order valence-electron chi connectivity index (χ1n) is 7.74. The van der Waals surface area contributed by atoms with E-state index in [1.165, 1.54) is 36.0 Å². The van der Waals surface area contributed by atoms with Gasteiger partial charge < -0.3 is 10.5 Å². The summed E-state index contributed by atoms with van der Waals surface area (Å²) < 4.78 is 5.19. The number of nitrogens with two attached hydrogens (primary N) is 1. The van der Waals surface area contributed by atoms with Crippen LogP contribution in [0.3, 0.4) is 0 Å². The number of hydrogen-bond donors (Lipinski definition) is 1. The van der Waals surface area contributed by atoms with E-state index in [1.54, 1.807) is 7.11 Å². The van der Waals surface area contributed by atoms with E-state index in [0.717, 1.165) is 18.1 Å². The predicted octanol–water partition coefficient (Wildman–Crippen LogP) is 4.21. The summed E-state index contributed by atoms with van der Waals surface area (Å²) >= 11 is 0. The van der Waals surface area contributed by atoms with E-state index in [-0.39, 0.29) is 6.04 Å². The average Bonchev–Trinajstić information content (AvgIpc) is 2.46. The largest absolute Gasteiger partial charge is 0.497 e. The summed E-state index contributed by atoms with van der Waals surface area (Å²) in [5.74, 6) is 1.65. The summed E-state index contributed by atoms with van der Waals surface area (Å²) in [6, 6.07) is 17.1. The number of ether oxygens (including phenoxy) is 1. The Hall–Kier alpha value is -1.80. The maximum atomic E-state index is 6.39. The third-order valence-corrected chi connectivity index (χ3v) is 4.53. The van der Waals surface area contributed by atoms with Gasteiger partial charge >= 0.3 is 0 Å². The smallest absolute Gasteiger partial charge is 0.118 e. The summed E-state index contributed by atoms with van der Waals surface area (Å²) in [6.07, 6.45) is 4.89. The van der Waals surface area contributed by atoms with Crippen molar-refractivity contribution < 1.29 is 4.74 Å². The van der Waals surface area contributed by atoms with Crippen molar-refractivity contribution in [3.8, 4) is 5.75 Å². The lowest BCUT2D eigenvalue weighted by Crippen LogP contribution is -2.15. The van der Waals surface area contributed by atoms with Gasteiger partial charge in [0.25, 0.3) is 0 Å². The molecule has 1 fully saturated rings. The zero-order chi connectivity index (χ0) is 14.7. The number of hydrogen-bond acceptors (Lipinski definition) is 2. The van der Waals surface area contributed by atoms with Crippen molar-refractivity contribution in [2.24, 2.45) is 5.73 Å². The molecule has 21 heavy (non-hydrogen) atoms. The number of benzene rings is 2. The van der Waals surface area contributed by atoms with E-state index in [4.69, 9.17) is 10.5 Å². The summed E-state index contributed by atoms with van der Waals surface area (Å²) in [4.78, 5) is 0. The van der Waals surface area contributed by atoms with Crippen LogP contribution in [0.25, 0.3) is 0 Å². The Morgan fingerprint density at radius 3 is 2.52 bits per heavy atom. The Labute approximate surface area is 126 Å². The van der Waals surface area contributed by atoms with Crippen molar-refractivity contribution in [3.05, 3.63) is 65.2 Å². The molecule has 2 N–H and O–H groups in total. The molecule has 2 aromatic carbocycles. The first-order valence-corrected chi connectivity index (χ1v) is 7.74. The van der Waals surface area contributed by atoms with Crippen molar-refractivity contribution >= 4 is 0 Å². The first kappa shape index (κ1) is 14.2. The summed E-state index contributed by atoms with van der Waals surface area (Å²) in [7, 11) is 1.69. The molecule has 1 aliphatic rings. The summed E-state index contributed by atoms with van der Waals surface area (Å²) in [5.41, 5.74) is 10.3. The molecule has 0 aromatic heterocycles. The van der Waals surface area contributed by atoms with Gasteiger partial charge in [0, 0.05) is 6.04 Å². The molecule has 3 rings (SSSR count). The molecule has 110 valence electrons. The maximum absolute atomic E-state index is 6.39. The van der Waals surface area contributed by atoms with Gasteiger partial charge in [-0.3, -0.25) is 0 Å². The second-order valence-electron chi connectivity index (χ2n) is 5.96. The lowest BCUT2D eigenvalue weighted by atomic mass is 9.79. The molecule has 0 radical (unpaired) electrons. The van der Waals surface area contributed by atoms with Crippen molar-refractivity contribution in [1.29, 1.82) is 0 Å². The van der Waals surface area contributed by atoms with E-state index in [1.807, 2.05) is 12.1 Å². The normalized spacial score (nSPS) is 16.3. The lowest BCUT2D eigenvalue weighted by Gasteiger charge is -2.26. The van der Waals surface area contributed by atoms with Crippen molar-refractivity contribution in [3.63, 3.8) is 0 Å². The van der Waals surface area contributed by atoms with Crippen LogP contribution >= 0.6 is 0 Å². The summed E-state index contributed by atoms with van der Waals surface area (Å²) in [5, 5.41) is 0. The third kappa shape index (κ3) is 3.27. The van der Waals surface area contributed by atoms with E-state index >= 15 is 0 Å². The van der Waals surface area contributed by atoms with E-state index in [9.17, 15) is 0 Å². The SMILES string of the molecule is COc1ccc(CC(N)c2cccc(C3CCC3)c2)cc1. The van der Waals surface area contributed by atoms with Gasteiger partial charge in [-0.05, 0) is 54.0 Å². The van der Waals surface area contributed by atoms with Gasteiger partial charge in [0.2, 0.25) is 0 Å². The highest BCUT2D eigenvalue weighted by atomic mass is 16.5. The third-order valence-electron chi connectivity index (χ3n) is 4.53. The van der Waals surface area contributed by atoms with E-state index in [2.05, 4.69) is 36.4 Å². The van der Waals surface area contributed by atoms with Crippen LogP contribution in [0.15, 0.2) is 48.5 Å². The maximum Gasteiger partial charge on any atom is 0.118 e. The molecule has 0 spiro atoms. The number of methoxy groups -OCH3 is 1. The van der Waals surface area contributed by atoms with Crippen LogP contribution in [0, 0.1) is 0 Å². The Morgan fingerprint density at radius 2 is 1.90 bits per heavy atom. The Kier molecular flexibility index (Phi) is 4.26. The van der Waals surface area contributed by atoms with Crippen molar-refractivity contribution in [1.82, 2.24) is 0 Å². The molecule has 0 amide bonds. The van der Waals surface area contributed by atoms with Gasteiger partial charge in [0.05, 0.1) is 7.11 Å². The van der Waals surface area contributed by atoms with Gasteiger partial charge in [-0.2, -0.15) is 0 Å². The van der Waals surface area contributed by atoms with Crippen LogP contribution in [0.2, 0.25) is 0 Å². The zero-order valence-electron chi connectivity index (χ0n) is 12.6. The van der Waals surface area contributed by atoms with Gasteiger partial charge in [-0.25, -0.2) is 0 Å². The minimum atomic E-state index is 0.0541. The zero-order valence-corrected chi connectivity index (χ0v) is 12.6. The van der Waals surface area contributed by atoms with E-state index in [0.29, 0.717) is 0 Å². The molecule has 0 saturated heterocycles. The highest BCUT2D eigenvalue weighted by Gasteiger charge is 2.20. The highest BCUT2D eigenvalue weighted by molar-refractivity contribution is 5.32. The first-order chi connectivity index (χ1) is 10.3. The second kappa shape index (κ2) is 6.31. The van der Waals surface area contributed by atoms with Crippen molar-refractivity contribution in [2.75, 3.05) is 7.11 Å². The summed E-state index contributed by atoms with van der Waals surface area (Å²) in [6.45, 7) is 0. The molecule has 0 aliphatic heterocycles. The minimum Gasteiger partial charge on any atom is -0.497 e. The molecule has 2 aromatic rings.